The third kappa shape index (κ3) is 2.83. The molecular formula is C12H9Cl2F2N3. The Morgan fingerprint density at radius 2 is 1.84 bits per heavy atom. The first-order valence-electron chi connectivity index (χ1n) is 5.30. The second kappa shape index (κ2) is 5.77. The lowest BCUT2D eigenvalue weighted by Crippen LogP contribution is -2.19. The maximum atomic E-state index is 12.6. The van der Waals surface area contributed by atoms with Gasteiger partial charge in [-0.25, -0.2) is 8.78 Å². The van der Waals surface area contributed by atoms with Gasteiger partial charge < -0.3 is 5.73 Å². The van der Waals surface area contributed by atoms with E-state index < -0.39 is 12.5 Å². The average Bonchev–Trinajstić information content (AvgIpc) is 2.42. The summed E-state index contributed by atoms with van der Waals surface area (Å²) in [5, 5.41) is 0.147. The Labute approximate surface area is 118 Å². The topological polar surface area (TPSA) is 51.8 Å². The fourth-order valence-corrected chi connectivity index (χ4v) is 2.15. The number of benzene rings is 1. The highest BCUT2D eigenvalue weighted by atomic mass is 35.5. The zero-order valence-electron chi connectivity index (χ0n) is 9.53. The van der Waals surface area contributed by atoms with Crippen LogP contribution in [0.25, 0.3) is 11.3 Å². The summed E-state index contributed by atoms with van der Waals surface area (Å²) < 4.78 is 25.2. The first kappa shape index (κ1) is 14.1. The van der Waals surface area contributed by atoms with Crippen LogP contribution in [0, 0.1) is 0 Å². The molecule has 0 amide bonds. The molecule has 0 aliphatic heterocycles. The predicted octanol–water partition coefficient (Wildman–Crippen LogP) is 3.72. The molecule has 0 radical (unpaired) electrons. The normalized spacial score (nSPS) is 12.7. The molecule has 0 saturated carbocycles. The van der Waals surface area contributed by atoms with Gasteiger partial charge in [0, 0.05) is 18.0 Å². The first-order valence-corrected chi connectivity index (χ1v) is 6.06. The smallest absolute Gasteiger partial charge is 0.257 e. The van der Waals surface area contributed by atoms with E-state index in [0.717, 1.165) is 0 Å². The summed E-state index contributed by atoms with van der Waals surface area (Å²) in [5.74, 6) is 0. The summed E-state index contributed by atoms with van der Waals surface area (Å²) in [4.78, 5) is 7.98. The van der Waals surface area contributed by atoms with Crippen LogP contribution < -0.4 is 5.73 Å². The van der Waals surface area contributed by atoms with Crippen molar-refractivity contribution in [3.8, 4) is 11.3 Å². The lowest BCUT2D eigenvalue weighted by atomic mass is 10.0. The van der Waals surface area contributed by atoms with Crippen molar-refractivity contribution in [1.29, 1.82) is 0 Å². The number of hydrogen-bond acceptors (Lipinski definition) is 3. The van der Waals surface area contributed by atoms with E-state index in [1.165, 1.54) is 24.7 Å². The largest absolute Gasteiger partial charge is 0.319 e. The van der Waals surface area contributed by atoms with Gasteiger partial charge in [0.2, 0.25) is 0 Å². The van der Waals surface area contributed by atoms with E-state index in [9.17, 15) is 8.78 Å². The van der Waals surface area contributed by atoms with Gasteiger partial charge in [-0.15, -0.1) is 0 Å². The van der Waals surface area contributed by atoms with Crippen LogP contribution in [0.1, 0.15) is 11.6 Å². The lowest BCUT2D eigenvalue weighted by Gasteiger charge is -2.15. The number of nitrogens with zero attached hydrogens (tertiary/aromatic N) is 2. The van der Waals surface area contributed by atoms with Crippen molar-refractivity contribution in [3.05, 3.63) is 46.3 Å². The number of nitrogens with two attached hydrogens (primary N) is 1. The molecule has 1 aromatic heterocycles. The molecule has 1 heterocycles. The zero-order valence-corrected chi connectivity index (χ0v) is 11.0. The Bertz CT molecular complexity index is 579. The van der Waals surface area contributed by atoms with Crippen LogP contribution in [0.15, 0.2) is 30.7 Å². The van der Waals surface area contributed by atoms with Crippen LogP contribution in [0.2, 0.25) is 10.0 Å². The second-order valence-corrected chi connectivity index (χ2v) is 4.54. The van der Waals surface area contributed by atoms with E-state index in [1.807, 2.05) is 0 Å². The molecule has 0 aliphatic rings. The molecule has 0 saturated heterocycles. The molecule has 0 aliphatic carbocycles. The van der Waals surface area contributed by atoms with Crippen molar-refractivity contribution in [2.45, 2.75) is 12.5 Å². The highest BCUT2D eigenvalue weighted by Gasteiger charge is 2.23. The van der Waals surface area contributed by atoms with Crippen LogP contribution >= 0.6 is 23.2 Å². The van der Waals surface area contributed by atoms with Gasteiger partial charge in [-0.3, -0.25) is 9.97 Å². The van der Waals surface area contributed by atoms with Crippen molar-refractivity contribution in [1.82, 2.24) is 9.97 Å². The van der Waals surface area contributed by atoms with Crippen molar-refractivity contribution >= 4 is 23.2 Å². The summed E-state index contributed by atoms with van der Waals surface area (Å²) in [6.45, 7) is 0. The highest BCUT2D eigenvalue weighted by molar-refractivity contribution is 6.44. The molecule has 0 unspecified atom stereocenters. The highest BCUT2D eigenvalue weighted by Crippen LogP contribution is 2.37. The Balaban J connectivity index is 2.49. The minimum Gasteiger partial charge on any atom is -0.319 e. The van der Waals surface area contributed by atoms with Crippen LogP contribution in [0.4, 0.5) is 8.78 Å². The van der Waals surface area contributed by atoms with Crippen LogP contribution in [0.5, 0.6) is 0 Å². The molecule has 100 valence electrons. The van der Waals surface area contributed by atoms with Gasteiger partial charge in [0.1, 0.15) is 0 Å². The van der Waals surface area contributed by atoms with Crippen molar-refractivity contribution in [2.75, 3.05) is 0 Å². The number of rotatable bonds is 3. The molecule has 0 spiro atoms. The Kier molecular flexibility index (Phi) is 4.29. The molecule has 2 N–H and O–H groups in total. The van der Waals surface area contributed by atoms with E-state index in [1.54, 1.807) is 6.07 Å². The molecular weight excluding hydrogens is 295 g/mol. The lowest BCUT2D eigenvalue weighted by molar-refractivity contribution is 0.116. The maximum absolute atomic E-state index is 12.6. The second-order valence-electron chi connectivity index (χ2n) is 3.78. The van der Waals surface area contributed by atoms with E-state index in [4.69, 9.17) is 28.9 Å². The van der Waals surface area contributed by atoms with Gasteiger partial charge in [-0.2, -0.15) is 0 Å². The van der Waals surface area contributed by atoms with E-state index >= 15 is 0 Å². The fourth-order valence-electron chi connectivity index (χ4n) is 1.59. The van der Waals surface area contributed by atoms with Crippen molar-refractivity contribution in [3.63, 3.8) is 0 Å². The quantitative estimate of drug-likeness (QED) is 0.940. The predicted molar refractivity (Wildman–Crippen MR) is 70.4 cm³/mol. The van der Waals surface area contributed by atoms with Crippen molar-refractivity contribution < 1.29 is 8.78 Å². The number of hydrogen-bond donors (Lipinski definition) is 1. The summed E-state index contributed by atoms with van der Waals surface area (Å²) in [6.07, 6.45) is 1.80. The van der Waals surface area contributed by atoms with Crippen LogP contribution in [0.3, 0.4) is 0 Å². The van der Waals surface area contributed by atoms with Gasteiger partial charge in [0.15, 0.2) is 0 Å². The van der Waals surface area contributed by atoms with Gasteiger partial charge in [-0.1, -0.05) is 35.3 Å². The third-order valence-corrected chi connectivity index (χ3v) is 3.48. The summed E-state index contributed by atoms with van der Waals surface area (Å²) in [7, 11) is 0. The van der Waals surface area contributed by atoms with Gasteiger partial charge >= 0.3 is 0 Å². The molecule has 3 nitrogen and oxygen atoms in total. The van der Waals surface area contributed by atoms with E-state index in [2.05, 4.69) is 9.97 Å². The summed E-state index contributed by atoms with van der Waals surface area (Å²) in [5.41, 5.74) is 6.51. The molecule has 19 heavy (non-hydrogen) atoms. The zero-order chi connectivity index (χ0) is 14.0. The summed E-state index contributed by atoms with van der Waals surface area (Å²) >= 11 is 12.1. The molecule has 7 heteroatoms. The fraction of sp³-hybridized carbons (Fsp3) is 0.167. The van der Waals surface area contributed by atoms with E-state index in [-0.39, 0.29) is 15.6 Å². The van der Waals surface area contributed by atoms with Crippen LogP contribution in [-0.2, 0) is 0 Å². The third-order valence-electron chi connectivity index (χ3n) is 2.58. The molecule has 1 aromatic carbocycles. The minimum absolute atomic E-state index is 0.0117. The number of aromatic nitrogens is 2. The Hall–Kier alpha value is -1.30. The minimum atomic E-state index is -2.71. The maximum Gasteiger partial charge on any atom is 0.257 e. The van der Waals surface area contributed by atoms with Crippen LogP contribution in [-0.4, -0.2) is 16.4 Å². The van der Waals surface area contributed by atoms with Gasteiger partial charge in [-0.05, 0) is 5.56 Å². The summed E-state index contributed by atoms with van der Waals surface area (Å²) in [6, 6.07) is 1.51. The monoisotopic (exact) mass is 303 g/mol. The van der Waals surface area contributed by atoms with Crippen molar-refractivity contribution in [2.24, 2.45) is 5.73 Å². The number of alkyl halides is 2. The Morgan fingerprint density at radius 1 is 1.11 bits per heavy atom. The van der Waals surface area contributed by atoms with Gasteiger partial charge in [0.25, 0.3) is 6.43 Å². The average molecular weight is 304 g/mol. The van der Waals surface area contributed by atoms with Gasteiger partial charge in [0.05, 0.1) is 28.0 Å². The molecule has 2 rings (SSSR count). The SMILES string of the molecule is N[C@H](c1ccc(-c2cnccn2)c(Cl)c1Cl)C(F)F. The standard InChI is InChI=1S/C12H9Cl2F2N3/c13-9-6(8-5-18-3-4-19-8)1-2-7(10(9)14)11(17)12(15)16/h1-5,11-12H,17H2/t11-/m1/s1. The van der Waals surface area contributed by atoms with E-state index in [0.29, 0.717) is 11.3 Å². The molecule has 2 aromatic rings. The number of halogens is 4. The first-order chi connectivity index (χ1) is 9.02. The molecule has 1 atom stereocenters. The Morgan fingerprint density at radius 3 is 2.42 bits per heavy atom. The molecule has 0 bridgehead atoms. The molecule has 0 fully saturated rings.